The van der Waals surface area contributed by atoms with Gasteiger partial charge in [0.2, 0.25) is 0 Å². The molecule has 6 heteroatoms. The maximum absolute atomic E-state index is 11.3. The Morgan fingerprint density at radius 3 is 2.93 bits per heavy atom. The molecule has 0 saturated heterocycles. The minimum Gasteiger partial charge on any atom is -0.332 e. The first-order valence-corrected chi connectivity index (χ1v) is 5.17. The number of rotatable bonds is 3. The van der Waals surface area contributed by atoms with E-state index in [1.54, 1.807) is 17.3 Å². The van der Waals surface area contributed by atoms with Crippen molar-refractivity contribution in [2.75, 3.05) is 13.6 Å². The topological polar surface area (TPSA) is 65.2 Å². The van der Waals surface area contributed by atoms with Crippen molar-refractivity contribution in [2.45, 2.75) is 13.5 Å². The Hall–Kier alpha value is -1.30. The van der Waals surface area contributed by atoms with Crippen LogP contribution >= 0.6 is 11.3 Å². The van der Waals surface area contributed by atoms with Crippen LogP contribution in [0.1, 0.15) is 12.6 Å². The lowest BCUT2D eigenvalue weighted by Gasteiger charge is -2.14. The average Bonchev–Trinajstić information content (AvgIpc) is 2.59. The maximum Gasteiger partial charge on any atom is 0.317 e. The van der Waals surface area contributed by atoms with E-state index in [9.17, 15) is 9.59 Å². The molecule has 0 aliphatic carbocycles. The minimum absolute atomic E-state index is 0.0990. The Bertz CT molecular complexity index is 357. The number of urea groups is 1. The van der Waals surface area contributed by atoms with Gasteiger partial charge in [-0.15, -0.1) is 0 Å². The van der Waals surface area contributed by atoms with Gasteiger partial charge in [-0.05, 0) is 6.92 Å². The van der Waals surface area contributed by atoms with Gasteiger partial charge < -0.3 is 15.2 Å². The number of thiazole rings is 1. The van der Waals surface area contributed by atoms with Gasteiger partial charge in [-0.2, -0.15) is 0 Å². The van der Waals surface area contributed by atoms with E-state index in [4.69, 9.17) is 0 Å². The van der Waals surface area contributed by atoms with Crippen LogP contribution in [-0.4, -0.2) is 29.5 Å². The summed E-state index contributed by atoms with van der Waals surface area (Å²) in [5.41, 5.74) is 0.734. The smallest absolute Gasteiger partial charge is 0.317 e. The van der Waals surface area contributed by atoms with Crippen molar-refractivity contribution in [3.63, 3.8) is 0 Å². The quantitative estimate of drug-likeness (QED) is 0.775. The number of aromatic amines is 1. The molecule has 78 valence electrons. The van der Waals surface area contributed by atoms with Crippen LogP contribution in [0.3, 0.4) is 0 Å². The second kappa shape index (κ2) is 4.80. The van der Waals surface area contributed by atoms with E-state index < -0.39 is 0 Å². The van der Waals surface area contributed by atoms with Crippen LogP contribution in [0.15, 0.2) is 10.2 Å². The van der Waals surface area contributed by atoms with E-state index in [0.29, 0.717) is 13.1 Å². The zero-order chi connectivity index (χ0) is 10.6. The van der Waals surface area contributed by atoms with Crippen LogP contribution in [0.5, 0.6) is 0 Å². The van der Waals surface area contributed by atoms with Crippen molar-refractivity contribution in [1.29, 1.82) is 0 Å². The molecule has 0 spiro atoms. The van der Waals surface area contributed by atoms with Gasteiger partial charge in [-0.1, -0.05) is 11.3 Å². The molecule has 2 N–H and O–H groups in total. The molecule has 1 heterocycles. The first-order chi connectivity index (χ1) is 6.63. The fraction of sp³-hybridized carbons (Fsp3) is 0.500. The molecule has 1 aromatic heterocycles. The van der Waals surface area contributed by atoms with Gasteiger partial charge in [-0.3, -0.25) is 4.79 Å². The molecule has 14 heavy (non-hydrogen) atoms. The molecule has 0 fully saturated rings. The van der Waals surface area contributed by atoms with Gasteiger partial charge in [0.05, 0.1) is 6.54 Å². The summed E-state index contributed by atoms with van der Waals surface area (Å²) < 4.78 is 0. The van der Waals surface area contributed by atoms with Crippen molar-refractivity contribution in [3.05, 3.63) is 20.7 Å². The SMILES string of the molecule is CCN(C)C(=O)NCc1csc(=O)[nH]1. The van der Waals surface area contributed by atoms with Gasteiger partial charge in [-0.25, -0.2) is 4.79 Å². The van der Waals surface area contributed by atoms with Gasteiger partial charge in [0, 0.05) is 24.7 Å². The molecular formula is C8H13N3O2S. The molecule has 0 atom stereocenters. The maximum atomic E-state index is 11.3. The standard InChI is InChI=1S/C8H13N3O2S/c1-3-11(2)7(12)9-4-6-5-14-8(13)10-6/h5H,3-4H2,1-2H3,(H,9,12)(H,10,13). The van der Waals surface area contributed by atoms with Crippen LogP contribution in [0, 0.1) is 0 Å². The zero-order valence-electron chi connectivity index (χ0n) is 8.16. The third kappa shape index (κ3) is 2.88. The number of nitrogens with one attached hydrogen (secondary N) is 2. The summed E-state index contributed by atoms with van der Waals surface area (Å²) in [6.07, 6.45) is 0. The highest BCUT2D eigenvalue weighted by molar-refractivity contribution is 7.07. The second-order valence-corrected chi connectivity index (χ2v) is 3.69. The van der Waals surface area contributed by atoms with E-state index >= 15 is 0 Å². The molecule has 0 radical (unpaired) electrons. The first kappa shape index (κ1) is 10.8. The zero-order valence-corrected chi connectivity index (χ0v) is 8.98. The van der Waals surface area contributed by atoms with E-state index in [0.717, 1.165) is 17.0 Å². The summed E-state index contributed by atoms with van der Waals surface area (Å²) in [4.78, 5) is 26.1. The van der Waals surface area contributed by atoms with Crippen LogP contribution in [0.2, 0.25) is 0 Å². The van der Waals surface area contributed by atoms with Crippen LogP contribution in [-0.2, 0) is 6.54 Å². The van der Waals surface area contributed by atoms with Crippen molar-refractivity contribution < 1.29 is 4.79 Å². The molecule has 0 unspecified atom stereocenters. The van der Waals surface area contributed by atoms with E-state index in [-0.39, 0.29) is 10.9 Å². The molecule has 5 nitrogen and oxygen atoms in total. The van der Waals surface area contributed by atoms with Gasteiger partial charge in [0.1, 0.15) is 0 Å². The summed E-state index contributed by atoms with van der Waals surface area (Å²) >= 11 is 1.09. The minimum atomic E-state index is -0.139. The fourth-order valence-electron chi connectivity index (χ4n) is 0.850. The number of nitrogens with zero attached hydrogens (tertiary/aromatic N) is 1. The van der Waals surface area contributed by atoms with Gasteiger partial charge in [0.15, 0.2) is 0 Å². The summed E-state index contributed by atoms with van der Waals surface area (Å²) in [6.45, 7) is 2.92. The molecule has 1 aromatic rings. The third-order valence-electron chi connectivity index (χ3n) is 1.82. The third-order valence-corrected chi connectivity index (χ3v) is 2.54. The summed E-state index contributed by atoms with van der Waals surface area (Å²) in [6, 6.07) is -0.139. The van der Waals surface area contributed by atoms with Gasteiger partial charge >= 0.3 is 10.9 Å². The number of hydrogen-bond acceptors (Lipinski definition) is 3. The van der Waals surface area contributed by atoms with E-state index in [1.165, 1.54) is 0 Å². The Labute approximate surface area is 85.7 Å². The van der Waals surface area contributed by atoms with Crippen molar-refractivity contribution >= 4 is 17.4 Å². The molecule has 0 saturated carbocycles. The predicted molar refractivity (Wildman–Crippen MR) is 55.5 cm³/mol. The first-order valence-electron chi connectivity index (χ1n) is 4.29. The average molecular weight is 215 g/mol. The van der Waals surface area contributed by atoms with E-state index in [2.05, 4.69) is 10.3 Å². The largest absolute Gasteiger partial charge is 0.332 e. The van der Waals surface area contributed by atoms with Crippen molar-refractivity contribution in [2.24, 2.45) is 0 Å². The molecule has 0 aromatic carbocycles. The van der Waals surface area contributed by atoms with Crippen LogP contribution in [0.4, 0.5) is 4.79 Å². The normalized spacial score (nSPS) is 9.86. The number of hydrogen-bond donors (Lipinski definition) is 2. The van der Waals surface area contributed by atoms with Gasteiger partial charge in [0.25, 0.3) is 0 Å². The van der Waals surface area contributed by atoms with Crippen LogP contribution in [0.25, 0.3) is 0 Å². The molecule has 1 rings (SSSR count). The molecule has 0 aliphatic rings. The van der Waals surface area contributed by atoms with Crippen molar-refractivity contribution in [3.8, 4) is 0 Å². The summed E-state index contributed by atoms with van der Waals surface area (Å²) in [7, 11) is 1.71. The van der Waals surface area contributed by atoms with E-state index in [1.807, 2.05) is 6.92 Å². The lowest BCUT2D eigenvalue weighted by Crippen LogP contribution is -2.36. The Balaban J connectivity index is 2.41. The highest BCUT2D eigenvalue weighted by Gasteiger charge is 2.05. The summed E-state index contributed by atoms with van der Waals surface area (Å²) in [5, 5.41) is 4.39. The second-order valence-electron chi connectivity index (χ2n) is 2.85. The molecule has 2 amide bonds. The number of aromatic nitrogens is 1. The molecule has 0 aliphatic heterocycles. The van der Waals surface area contributed by atoms with Crippen LogP contribution < -0.4 is 10.2 Å². The molecule has 0 bridgehead atoms. The number of amides is 2. The Kier molecular flexibility index (Phi) is 3.70. The Morgan fingerprint density at radius 1 is 1.71 bits per heavy atom. The summed E-state index contributed by atoms with van der Waals surface area (Å²) in [5.74, 6) is 0. The highest BCUT2D eigenvalue weighted by atomic mass is 32.1. The lowest BCUT2D eigenvalue weighted by molar-refractivity contribution is 0.210. The number of carbonyl (C=O) groups excluding carboxylic acids is 1. The lowest BCUT2D eigenvalue weighted by atomic mass is 10.5. The number of H-pyrrole nitrogens is 1. The highest BCUT2D eigenvalue weighted by Crippen LogP contribution is 1.95. The predicted octanol–water partition coefficient (Wildman–Crippen LogP) is 0.598. The number of carbonyl (C=O) groups is 1. The fourth-order valence-corrected chi connectivity index (χ4v) is 1.43. The van der Waals surface area contributed by atoms with Crippen molar-refractivity contribution in [1.82, 2.24) is 15.2 Å². The Morgan fingerprint density at radius 2 is 2.43 bits per heavy atom. The molecular weight excluding hydrogens is 202 g/mol. The monoisotopic (exact) mass is 215 g/mol.